The number of ether oxygens (including phenoxy) is 1. The second-order valence-corrected chi connectivity index (χ2v) is 3.61. The molecule has 0 radical (unpaired) electrons. The number of rotatable bonds is 5. The highest BCUT2D eigenvalue weighted by Crippen LogP contribution is 2.27. The van der Waals surface area contributed by atoms with Crippen LogP contribution in [0, 0.1) is 0 Å². The molecule has 1 rings (SSSR count). The zero-order valence-corrected chi connectivity index (χ0v) is 10.6. The molecular weight excluding hydrogens is 226 g/mol. The molecular formula is C12H20ClNO2. The Bertz CT molecular complexity index is 318. The quantitative estimate of drug-likeness (QED) is 0.838. The van der Waals surface area contributed by atoms with Crippen molar-refractivity contribution in [1.29, 1.82) is 0 Å². The molecule has 0 spiro atoms. The van der Waals surface area contributed by atoms with Gasteiger partial charge in [-0.05, 0) is 37.5 Å². The van der Waals surface area contributed by atoms with Gasteiger partial charge in [0.25, 0.3) is 0 Å². The minimum absolute atomic E-state index is 0. The number of nitrogens with two attached hydrogens (primary N) is 1. The number of phenolic OH excluding ortho intramolecular Hbond substituents is 1. The first-order valence-corrected chi connectivity index (χ1v) is 5.37. The molecule has 0 heterocycles. The highest BCUT2D eigenvalue weighted by atomic mass is 35.5. The van der Waals surface area contributed by atoms with Crippen LogP contribution in [0.15, 0.2) is 18.2 Å². The van der Waals surface area contributed by atoms with Crippen molar-refractivity contribution in [1.82, 2.24) is 0 Å². The van der Waals surface area contributed by atoms with E-state index in [9.17, 15) is 5.11 Å². The van der Waals surface area contributed by atoms with Gasteiger partial charge in [0.05, 0.1) is 6.61 Å². The summed E-state index contributed by atoms with van der Waals surface area (Å²) < 4.78 is 5.30. The number of aromatic hydroxyl groups is 1. The van der Waals surface area contributed by atoms with Gasteiger partial charge in [-0.1, -0.05) is 13.0 Å². The second-order valence-electron chi connectivity index (χ2n) is 3.61. The maximum Gasteiger partial charge on any atom is 0.161 e. The highest BCUT2D eigenvalue weighted by molar-refractivity contribution is 5.85. The first-order valence-electron chi connectivity index (χ1n) is 5.37. The molecule has 0 amide bonds. The Morgan fingerprint density at radius 3 is 2.62 bits per heavy atom. The Hall–Kier alpha value is -0.930. The van der Waals surface area contributed by atoms with Crippen LogP contribution in [-0.4, -0.2) is 17.8 Å². The molecule has 1 atom stereocenters. The van der Waals surface area contributed by atoms with Gasteiger partial charge in [0, 0.05) is 6.04 Å². The molecule has 1 unspecified atom stereocenters. The van der Waals surface area contributed by atoms with Crippen LogP contribution in [0.2, 0.25) is 0 Å². The Morgan fingerprint density at radius 2 is 2.06 bits per heavy atom. The zero-order valence-electron chi connectivity index (χ0n) is 9.77. The molecule has 3 N–H and O–H groups in total. The minimum atomic E-state index is 0. The second kappa shape index (κ2) is 7.36. The molecule has 0 bridgehead atoms. The van der Waals surface area contributed by atoms with Crippen molar-refractivity contribution < 1.29 is 9.84 Å². The van der Waals surface area contributed by atoms with Gasteiger partial charge < -0.3 is 15.6 Å². The monoisotopic (exact) mass is 245 g/mol. The van der Waals surface area contributed by atoms with E-state index in [0.29, 0.717) is 12.4 Å². The third-order valence-electron chi connectivity index (χ3n) is 2.35. The van der Waals surface area contributed by atoms with Gasteiger partial charge in [-0.15, -0.1) is 12.4 Å². The summed E-state index contributed by atoms with van der Waals surface area (Å²) in [6.07, 6.45) is 1.77. The third kappa shape index (κ3) is 4.29. The first-order chi connectivity index (χ1) is 7.17. The summed E-state index contributed by atoms with van der Waals surface area (Å²) in [6.45, 7) is 4.51. The van der Waals surface area contributed by atoms with Crippen molar-refractivity contribution >= 4 is 12.4 Å². The maximum atomic E-state index is 9.50. The molecule has 3 nitrogen and oxygen atoms in total. The molecule has 1 aromatic carbocycles. The van der Waals surface area contributed by atoms with Crippen molar-refractivity contribution in [2.45, 2.75) is 32.7 Å². The summed E-state index contributed by atoms with van der Waals surface area (Å²) in [5, 5.41) is 9.50. The Kier molecular flexibility index (Phi) is 6.93. The lowest BCUT2D eigenvalue weighted by Crippen LogP contribution is -2.21. The van der Waals surface area contributed by atoms with E-state index >= 15 is 0 Å². The molecule has 92 valence electrons. The Labute approximate surface area is 103 Å². The number of halogens is 1. The topological polar surface area (TPSA) is 55.5 Å². The smallest absolute Gasteiger partial charge is 0.161 e. The van der Waals surface area contributed by atoms with E-state index in [2.05, 4.69) is 6.92 Å². The molecule has 16 heavy (non-hydrogen) atoms. The van der Waals surface area contributed by atoms with Gasteiger partial charge in [0.2, 0.25) is 0 Å². The van der Waals surface area contributed by atoms with E-state index in [1.54, 1.807) is 6.07 Å². The van der Waals surface area contributed by atoms with Crippen molar-refractivity contribution in [3.63, 3.8) is 0 Å². The number of hydrogen-bond donors (Lipinski definition) is 2. The van der Waals surface area contributed by atoms with E-state index < -0.39 is 0 Å². The molecule has 0 aromatic heterocycles. The number of hydrogen-bond acceptors (Lipinski definition) is 3. The van der Waals surface area contributed by atoms with Gasteiger partial charge in [0.15, 0.2) is 11.5 Å². The fraction of sp³-hybridized carbons (Fsp3) is 0.500. The van der Waals surface area contributed by atoms with Crippen molar-refractivity contribution in [3.8, 4) is 11.5 Å². The number of benzene rings is 1. The predicted octanol–water partition coefficient (Wildman–Crippen LogP) is 2.49. The lowest BCUT2D eigenvalue weighted by Gasteiger charge is -2.11. The van der Waals surface area contributed by atoms with E-state index in [0.717, 1.165) is 18.4 Å². The molecule has 1 aromatic rings. The molecule has 0 aliphatic carbocycles. The third-order valence-corrected chi connectivity index (χ3v) is 2.35. The minimum Gasteiger partial charge on any atom is -0.504 e. The summed E-state index contributed by atoms with van der Waals surface area (Å²) in [5.74, 6) is 0.726. The van der Waals surface area contributed by atoms with Crippen LogP contribution in [0.4, 0.5) is 0 Å². The van der Waals surface area contributed by atoms with Crippen LogP contribution in [-0.2, 0) is 6.42 Å². The van der Waals surface area contributed by atoms with E-state index in [1.165, 1.54) is 0 Å². The van der Waals surface area contributed by atoms with Crippen molar-refractivity contribution in [2.75, 3.05) is 6.61 Å². The fourth-order valence-electron chi connectivity index (χ4n) is 1.40. The molecule has 0 aliphatic rings. The lowest BCUT2D eigenvalue weighted by molar-refractivity contribution is 0.317. The standard InChI is InChI=1S/C12H19NO2.ClH/c1-3-10(13)7-9-5-6-11(14)12(8-9)15-4-2;/h5-6,8,10,14H,3-4,7,13H2,1-2H3;1H. The van der Waals surface area contributed by atoms with E-state index in [-0.39, 0.29) is 24.2 Å². The SMILES string of the molecule is CCOc1cc(CC(N)CC)ccc1O.Cl. The molecule has 0 fully saturated rings. The van der Waals surface area contributed by atoms with Gasteiger partial charge in [0.1, 0.15) is 0 Å². The van der Waals surface area contributed by atoms with Crippen LogP contribution in [0.25, 0.3) is 0 Å². The Balaban J connectivity index is 0.00000225. The number of phenols is 1. The highest BCUT2D eigenvalue weighted by Gasteiger charge is 2.06. The summed E-state index contributed by atoms with van der Waals surface area (Å²) in [7, 11) is 0. The molecule has 0 aliphatic heterocycles. The fourth-order valence-corrected chi connectivity index (χ4v) is 1.40. The van der Waals surface area contributed by atoms with Gasteiger partial charge in [-0.25, -0.2) is 0 Å². The summed E-state index contributed by atoms with van der Waals surface area (Å²) in [6, 6.07) is 5.56. The lowest BCUT2D eigenvalue weighted by atomic mass is 10.0. The van der Waals surface area contributed by atoms with Crippen molar-refractivity contribution in [3.05, 3.63) is 23.8 Å². The largest absolute Gasteiger partial charge is 0.504 e. The Morgan fingerprint density at radius 1 is 1.38 bits per heavy atom. The molecule has 0 saturated carbocycles. The van der Waals surface area contributed by atoms with Crippen LogP contribution in [0.1, 0.15) is 25.8 Å². The van der Waals surface area contributed by atoms with Crippen molar-refractivity contribution in [2.24, 2.45) is 5.73 Å². The summed E-state index contributed by atoms with van der Waals surface area (Å²) in [4.78, 5) is 0. The zero-order chi connectivity index (χ0) is 11.3. The average Bonchev–Trinajstić information content (AvgIpc) is 2.23. The first kappa shape index (κ1) is 15.1. The average molecular weight is 246 g/mol. The predicted molar refractivity (Wildman–Crippen MR) is 68.5 cm³/mol. The normalized spacial score (nSPS) is 11.7. The van der Waals surface area contributed by atoms with Crippen LogP contribution >= 0.6 is 12.4 Å². The van der Waals surface area contributed by atoms with Crippen LogP contribution in [0.3, 0.4) is 0 Å². The van der Waals surface area contributed by atoms with Gasteiger partial charge in [-0.3, -0.25) is 0 Å². The summed E-state index contributed by atoms with van der Waals surface area (Å²) in [5.41, 5.74) is 6.97. The van der Waals surface area contributed by atoms with Crippen LogP contribution in [0.5, 0.6) is 11.5 Å². The maximum absolute atomic E-state index is 9.50. The molecule has 4 heteroatoms. The molecule has 0 saturated heterocycles. The van der Waals surface area contributed by atoms with E-state index in [1.807, 2.05) is 19.1 Å². The van der Waals surface area contributed by atoms with Gasteiger partial charge in [-0.2, -0.15) is 0 Å². The van der Waals surface area contributed by atoms with E-state index in [4.69, 9.17) is 10.5 Å². The van der Waals surface area contributed by atoms with Gasteiger partial charge >= 0.3 is 0 Å². The van der Waals surface area contributed by atoms with Crippen LogP contribution < -0.4 is 10.5 Å². The summed E-state index contributed by atoms with van der Waals surface area (Å²) >= 11 is 0.